The highest BCUT2D eigenvalue weighted by molar-refractivity contribution is 5.32. The van der Waals surface area contributed by atoms with Crippen LogP contribution in [-0.4, -0.2) is 42.9 Å². The first-order chi connectivity index (χ1) is 8.69. The van der Waals surface area contributed by atoms with Gasteiger partial charge >= 0.3 is 0 Å². The number of aliphatic hydroxyl groups is 1. The Kier molecular flexibility index (Phi) is 6.72. The molecule has 18 heavy (non-hydrogen) atoms. The van der Waals surface area contributed by atoms with E-state index in [-0.39, 0.29) is 12.6 Å². The fourth-order valence-electron chi connectivity index (χ4n) is 1.67. The number of aliphatic hydroxyl groups excluding tert-OH is 1. The van der Waals surface area contributed by atoms with Gasteiger partial charge in [-0.3, -0.25) is 0 Å². The second-order valence-corrected chi connectivity index (χ2v) is 4.53. The lowest BCUT2D eigenvalue weighted by molar-refractivity contribution is 0.151. The summed E-state index contributed by atoms with van der Waals surface area (Å²) in [5.74, 6) is 0.873. The number of hydrogen-bond acceptors (Lipinski definition) is 4. The second-order valence-electron chi connectivity index (χ2n) is 4.53. The van der Waals surface area contributed by atoms with E-state index < -0.39 is 0 Å². The Bertz CT molecular complexity index is 344. The molecular formula is C14H24N2O2. The van der Waals surface area contributed by atoms with Gasteiger partial charge in [0, 0.05) is 24.7 Å². The van der Waals surface area contributed by atoms with Gasteiger partial charge in [-0.15, -0.1) is 0 Å². The molecule has 0 saturated carbocycles. The van der Waals surface area contributed by atoms with Crippen molar-refractivity contribution in [1.29, 1.82) is 0 Å². The SMILES string of the molecule is CC(CO)N(C)CCCOc1ccccc1CN. The molecule has 0 spiro atoms. The zero-order valence-electron chi connectivity index (χ0n) is 11.3. The lowest BCUT2D eigenvalue weighted by atomic mass is 10.2. The summed E-state index contributed by atoms with van der Waals surface area (Å²) in [5.41, 5.74) is 6.68. The molecule has 0 aliphatic rings. The number of ether oxygens (including phenoxy) is 1. The van der Waals surface area contributed by atoms with E-state index in [1.165, 1.54) is 0 Å². The lowest BCUT2D eigenvalue weighted by Crippen LogP contribution is -2.33. The van der Waals surface area contributed by atoms with Crippen LogP contribution in [0.4, 0.5) is 0 Å². The fourth-order valence-corrected chi connectivity index (χ4v) is 1.67. The highest BCUT2D eigenvalue weighted by Crippen LogP contribution is 2.17. The molecule has 4 nitrogen and oxygen atoms in total. The van der Waals surface area contributed by atoms with E-state index in [2.05, 4.69) is 4.90 Å². The van der Waals surface area contributed by atoms with Gasteiger partial charge in [-0.1, -0.05) is 18.2 Å². The van der Waals surface area contributed by atoms with Crippen LogP contribution in [0.25, 0.3) is 0 Å². The van der Waals surface area contributed by atoms with Gasteiger partial charge < -0.3 is 20.5 Å². The highest BCUT2D eigenvalue weighted by atomic mass is 16.5. The zero-order chi connectivity index (χ0) is 13.4. The first kappa shape index (κ1) is 15.0. The Hall–Kier alpha value is -1.10. The number of nitrogens with two attached hydrogens (primary N) is 1. The largest absolute Gasteiger partial charge is 0.493 e. The topological polar surface area (TPSA) is 58.7 Å². The van der Waals surface area contributed by atoms with Gasteiger partial charge in [0.05, 0.1) is 13.2 Å². The van der Waals surface area contributed by atoms with Gasteiger partial charge in [-0.25, -0.2) is 0 Å². The van der Waals surface area contributed by atoms with Crippen molar-refractivity contribution in [3.8, 4) is 5.75 Å². The van der Waals surface area contributed by atoms with E-state index in [0.717, 1.165) is 24.3 Å². The molecule has 1 atom stereocenters. The van der Waals surface area contributed by atoms with E-state index in [9.17, 15) is 0 Å². The molecule has 0 heterocycles. The Morgan fingerprint density at radius 3 is 2.78 bits per heavy atom. The summed E-state index contributed by atoms with van der Waals surface area (Å²) in [6.45, 7) is 4.27. The molecule has 0 saturated heterocycles. The second kappa shape index (κ2) is 8.08. The number of nitrogens with zero attached hydrogens (tertiary/aromatic N) is 1. The average Bonchev–Trinajstić information content (AvgIpc) is 2.42. The number of likely N-dealkylation sites (N-methyl/N-ethyl adjacent to an activating group) is 1. The minimum atomic E-state index is 0.188. The van der Waals surface area contributed by atoms with Crippen LogP contribution in [0.5, 0.6) is 5.75 Å². The predicted molar refractivity (Wildman–Crippen MR) is 73.6 cm³/mol. The Morgan fingerprint density at radius 1 is 1.39 bits per heavy atom. The normalized spacial score (nSPS) is 12.7. The Morgan fingerprint density at radius 2 is 2.11 bits per heavy atom. The molecule has 1 aromatic rings. The van der Waals surface area contributed by atoms with Gasteiger partial charge in [-0.2, -0.15) is 0 Å². The van der Waals surface area contributed by atoms with Crippen molar-refractivity contribution < 1.29 is 9.84 Å². The average molecular weight is 252 g/mol. The van der Waals surface area contributed by atoms with Crippen LogP contribution in [0.15, 0.2) is 24.3 Å². The van der Waals surface area contributed by atoms with Crippen LogP contribution >= 0.6 is 0 Å². The molecule has 4 heteroatoms. The molecule has 0 aliphatic carbocycles. The van der Waals surface area contributed by atoms with Crippen LogP contribution < -0.4 is 10.5 Å². The molecule has 1 aromatic carbocycles. The van der Waals surface area contributed by atoms with Crippen LogP contribution in [0.2, 0.25) is 0 Å². The van der Waals surface area contributed by atoms with Crippen molar-refractivity contribution in [3.05, 3.63) is 29.8 Å². The Balaban J connectivity index is 2.29. The van der Waals surface area contributed by atoms with E-state index in [1.54, 1.807) is 0 Å². The fraction of sp³-hybridized carbons (Fsp3) is 0.571. The monoisotopic (exact) mass is 252 g/mol. The van der Waals surface area contributed by atoms with Gasteiger partial charge in [-0.05, 0) is 26.5 Å². The van der Waals surface area contributed by atoms with Crippen LogP contribution in [-0.2, 0) is 6.54 Å². The summed E-state index contributed by atoms with van der Waals surface area (Å²) < 4.78 is 5.72. The standard InChI is InChI=1S/C14H24N2O2/c1-12(11-17)16(2)8-5-9-18-14-7-4-3-6-13(14)10-15/h3-4,6-7,12,17H,5,8-11,15H2,1-2H3. The molecule has 0 aliphatic heterocycles. The summed E-state index contributed by atoms with van der Waals surface area (Å²) in [7, 11) is 2.01. The third-order valence-corrected chi connectivity index (χ3v) is 3.12. The van der Waals surface area contributed by atoms with E-state index >= 15 is 0 Å². The maximum Gasteiger partial charge on any atom is 0.123 e. The van der Waals surface area contributed by atoms with E-state index in [0.29, 0.717) is 13.2 Å². The van der Waals surface area contributed by atoms with Crippen molar-refractivity contribution in [3.63, 3.8) is 0 Å². The summed E-state index contributed by atoms with van der Waals surface area (Å²) in [5, 5.41) is 9.02. The molecule has 102 valence electrons. The smallest absolute Gasteiger partial charge is 0.123 e. The van der Waals surface area contributed by atoms with Gasteiger partial charge in [0.1, 0.15) is 5.75 Å². The maximum absolute atomic E-state index is 9.02. The molecule has 0 bridgehead atoms. The van der Waals surface area contributed by atoms with E-state index in [4.69, 9.17) is 15.6 Å². The summed E-state index contributed by atoms with van der Waals surface area (Å²) >= 11 is 0. The number of rotatable bonds is 8. The number of para-hydroxylation sites is 1. The summed E-state index contributed by atoms with van der Waals surface area (Å²) in [4.78, 5) is 2.12. The molecule has 0 aromatic heterocycles. The molecule has 1 rings (SSSR count). The maximum atomic E-state index is 9.02. The third kappa shape index (κ3) is 4.64. The molecular weight excluding hydrogens is 228 g/mol. The first-order valence-corrected chi connectivity index (χ1v) is 6.41. The summed E-state index contributed by atoms with van der Waals surface area (Å²) in [6, 6.07) is 8.04. The van der Waals surface area contributed by atoms with Gasteiger partial charge in [0.25, 0.3) is 0 Å². The summed E-state index contributed by atoms with van der Waals surface area (Å²) in [6.07, 6.45) is 0.930. The lowest BCUT2D eigenvalue weighted by Gasteiger charge is -2.22. The zero-order valence-corrected chi connectivity index (χ0v) is 11.3. The van der Waals surface area contributed by atoms with Crippen LogP contribution in [0.3, 0.4) is 0 Å². The van der Waals surface area contributed by atoms with Crippen molar-refractivity contribution in [2.24, 2.45) is 5.73 Å². The molecule has 3 N–H and O–H groups in total. The van der Waals surface area contributed by atoms with Crippen LogP contribution in [0, 0.1) is 0 Å². The van der Waals surface area contributed by atoms with E-state index in [1.807, 2.05) is 38.2 Å². The van der Waals surface area contributed by atoms with Crippen molar-refractivity contribution in [2.45, 2.75) is 25.9 Å². The third-order valence-electron chi connectivity index (χ3n) is 3.12. The highest BCUT2D eigenvalue weighted by Gasteiger charge is 2.07. The van der Waals surface area contributed by atoms with Crippen molar-refractivity contribution in [2.75, 3.05) is 26.8 Å². The minimum Gasteiger partial charge on any atom is -0.493 e. The molecule has 0 amide bonds. The van der Waals surface area contributed by atoms with Crippen molar-refractivity contribution in [1.82, 2.24) is 4.90 Å². The number of benzene rings is 1. The van der Waals surface area contributed by atoms with Crippen molar-refractivity contribution >= 4 is 0 Å². The van der Waals surface area contributed by atoms with Gasteiger partial charge in [0.15, 0.2) is 0 Å². The molecule has 1 unspecified atom stereocenters. The van der Waals surface area contributed by atoms with Crippen LogP contribution in [0.1, 0.15) is 18.9 Å². The number of hydrogen-bond donors (Lipinski definition) is 2. The Labute approximate surface area is 109 Å². The first-order valence-electron chi connectivity index (χ1n) is 6.41. The molecule has 0 fully saturated rings. The van der Waals surface area contributed by atoms with Gasteiger partial charge in [0.2, 0.25) is 0 Å². The molecule has 0 radical (unpaired) electrons. The minimum absolute atomic E-state index is 0.188. The predicted octanol–water partition coefficient (Wildman–Crippen LogP) is 1.23. The quantitative estimate of drug-likeness (QED) is 0.683.